The van der Waals surface area contributed by atoms with Gasteiger partial charge in [-0.15, -0.1) is 0 Å². The van der Waals surface area contributed by atoms with Crippen molar-refractivity contribution in [3.8, 4) is 0 Å². The average Bonchev–Trinajstić information content (AvgIpc) is 2.53. The lowest BCUT2D eigenvalue weighted by Gasteiger charge is -2.50. The molecule has 0 aromatic heterocycles. The van der Waals surface area contributed by atoms with Gasteiger partial charge in [0, 0.05) is 23.8 Å². The molecule has 1 aromatic rings. The molecule has 1 aliphatic carbocycles. The molecule has 3 atom stereocenters. The van der Waals surface area contributed by atoms with Crippen LogP contribution in [0.5, 0.6) is 0 Å². The van der Waals surface area contributed by atoms with E-state index in [9.17, 15) is 9.59 Å². The number of aliphatic carboxylic acids is 1. The highest BCUT2D eigenvalue weighted by Gasteiger charge is 2.44. The van der Waals surface area contributed by atoms with Gasteiger partial charge in [-0.2, -0.15) is 0 Å². The molecule has 1 amide bonds. The quantitative estimate of drug-likeness (QED) is 0.782. The van der Waals surface area contributed by atoms with Crippen LogP contribution in [0.3, 0.4) is 0 Å². The van der Waals surface area contributed by atoms with Crippen LogP contribution in [0, 0.1) is 11.8 Å². The number of rotatable bonds is 4. The summed E-state index contributed by atoms with van der Waals surface area (Å²) in [5.41, 5.74) is 2.93. The number of hydrogen-bond acceptors (Lipinski definition) is 3. The topological polar surface area (TPSA) is 78.4 Å². The number of fused-ring (bicyclic) bond motifs is 2. The third-order valence-electron chi connectivity index (χ3n) is 5.98. The second-order valence-electron chi connectivity index (χ2n) is 8.16. The van der Waals surface area contributed by atoms with Crippen molar-refractivity contribution in [1.29, 1.82) is 0 Å². The van der Waals surface area contributed by atoms with Crippen molar-refractivity contribution in [1.82, 2.24) is 5.32 Å². The van der Waals surface area contributed by atoms with Gasteiger partial charge in [-0.3, -0.25) is 9.59 Å². The Bertz CT molecular complexity index is 684. The molecular weight excluding hydrogens is 316 g/mol. The Morgan fingerprint density at radius 3 is 2.80 bits per heavy atom. The molecule has 5 heteroatoms. The van der Waals surface area contributed by atoms with Gasteiger partial charge in [-0.25, -0.2) is 0 Å². The lowest BCUT2D eigenvalue weighted by atomic mass is 9.61. The van der Waals surface area contributed by atoms with Crippen LogP contribution >= 0.6 is 0 Å². The molecule has 3 rings (SSSR count). The molecule has 1 heterocycles. The van der Waals surface area contributed by atoms with Crippen molar-refractivity contribution in [2.24, 2.45) is 11.8 Å². The molecule has 0 bridgehead atoms. The van der Waals surface area contributed by atoms with Crippen molar-refractivity contribution >= 4 is 17.6 Å². The van der Waals surface area contributed by atoms with Crippen molar-refractivity contribution < 1.29 is 14.7 Å². The smallest absolute Gasteiger partial charge is 0.305 e. The first-order valence-electron chi connectivity index (χ1n) is 9.20. The number of carbonyl (C=O) groups excluding carboxylic acids is 1. The number of amides is 1. The van der Waals surface area contributed by atoms with Crippen LogP contribution in [0.1, 0.15) is 62.4 Å². The maximum atomic E-state index is 12.3. The Morgan fingerprint density at radius 1 is 1.32 bits per heavy atom. The van der Waals surface area contributed by atoms with E-state index in [2.05, 4.69) is 31.4 Å². The number of anilines is 1. The lowest BCUT2D eigenvalue weighted by molar-refractivity contribution is -0.136. The Kier molecular flexibility index (Phi) is 4.76. The number of nitrogens with one attached hydrogen (secondary N) is 2. The highest BCUT2D eigenvalue weighted by molar-refractivity contribution is 5.95. The van der Waals surface area contributed by atoms with E-state index in [1.54, 1.807) is 0 Å². The molecule has 3 N–H and O–H groups in total. The fourth-order valence-electron chi connectivity index (χ4n) is 4.53. The van der Waals surface area contributed by atoms with Gasteiger partial charge < -0.3 is 15.7 Å². The highest BCUT2D eigenvalue weighted by Crippen LogP contribution is 2.49. The van der Waals surface area contributed by atoms with Gasteiger partial charge in [0.1, 0.15) is 0 Å². The van der Waals surface area contributed by atoms with Crippen LogP contribution in [-0.4, -0.2) is 29.6 Å². The average molecular weight is 344 g/mol. The van der Waals surface area contributed by atoms with Gasteiger partial charge in [0.2, 0.25) is 0 Å². The van der Waals surface area contributed by atoms with Crippen molar-refractivity contribution in [3.63, 3.8) is 0 Å². The van der Waals surface area contributed by atoms with Crippen LogP contribution in [0.15, 0.2) is 18.2 Å². The van der Waals surface area contributed by atoms with E-state index in [4.69, 9.17) is 5.11 Å². The molecule has 2 aliphatic rings. The number of hydrogen-bond donors (Lipinski definition) is 3. The maximum Gasteiger partial charge on any atom is 0.305 e. The second-order valence-corrected chi connectivity index (χ2v) is 8.16. The van der Waals surface area contributed by atoms with E-state index < -0.39 is 5.97 Å². The summed E-state index contributed by atoms with van der Waals surface area (Å²) in [7, 11) is 0. The van der Waals surface area contributed by atoms with Gasteiger partial charge in [-0.05, 0) is 53.9 Å². The van der Waals surface area contributed by atoms with E-state index in [-0.39, 0.29) is 24.3 Å². The van der Waals surface area contributed by atoms with Crippen LogP contribution in [0.2, 0.25) is 0 Å². The van der Waals surface area contributed by atoms with Gasteiger partial charge in [0.25, 0.3) is 5.91 Å². The minimum Gasteiger partial charge on any atom is -0.481 e. The summed E-state index contributed by atoms with van der Waals surface area (Å²) >= 11 is 0. The zero-order valence-corrected chi connectivity index (χ0v) is 15.3. The fraction of sp³-hybridized carbons (Fsp3) is 0.600. The summed E-state index contributed by atoms with van der Waals surface area (Å²) in [6, 6.07) is 6.30. The zero-order valence-electron chi connectivity index (χ0n) is 15.3. The Hall–Kier alpha value is -2.04. The lowest BCUT2D eigenvalue weighted by Crippen LogP contribution is -2.49. The highest BCUT2D eigenvalue weighted by atomic mass is 16.4. The van der Waals surface area contributed by atoms with Crippen LogP contribution in [0.25, 0.3) is 0 Å². The molecule has 5 nitrogen and oxygen atoms in total. The van der Waals surface area contributed by atoms with Crippen molar-refractivity contribution in [2.75, 3.05) is 11.9 Å². The molecule has 25 heavy (non-hydrogen) atoms. The minimum atomic E-state index is -0.909. The van der Waals surface area contributed by atoms with E-state index in [1.807, 2.05) is 18.2 Å². The van der Waals surface area contributed by atoms with Crippen LogP contribution < -0.4 is 10.6 Å². The van der Waals surface area contributed by atoms with E-state index in [1.165, 1.54) is 24.8 Å². The van der Waals surface area contributed by atoms with Crippen LogP contribution in [-0.2, 0) is 10.2 Å². The summed E-state index contributed by atoms with van der Waals surface area (Å²) in [6.45, 7) is 7.04. The van der Waals surface area contributed by atoms with Gasteiger partial charge in [-0.1, -0.05) is 27.2 Å². The summed E-state index contributed by atoms with van der Waals surface area (Å²) in [4.78, 5) is 22.9. The van der Waals surface area contributed by atoms with Crippen molar-refractivity contribution in [3.05, 3.63) is 29.3 Å². The second kappa shape index (κ2) is 6.70. The summed E-state index contributed by atoms with van der Waals surface area (Å²) in [6.07, 6.45) is 3.61. The number of carboxylic acid groups (broad SMARTS) is 1. The molecule has 1 fully saturated rings. The van der Waals surface area contributed by atoms with E-state index >= 15 is 0 Å². The molecule has 136 valence electrons. The van der Waals surface area contributed by atoms with Gasteiger partial charge >= 0.3 is 5.97 Å². The first-order chi connectivity index (χ1) is 11.8. The number of carbonyl (C=O) groups is 2. The first-order valence-corrected chi connectivity index (χ1v) is 9.20. The molecule has 1 aliphatic heterocycles. The largest absolute Gasteiger partial charge is 0.481 e. The molecule has 0 spiro atoms. The van der Waals surface area contributed by atoms with Crippen LogP contribution in [0.4, 0.5) is 5.69 Å². The molecule has 1 aromatic carbocycles. The summed E-state index contributed by atoms with van der Waals surface area (Å²) in [5, 5.41) is 15.1. The fourth-order valence-corrected chi connectivity index (χ4v) is 4.53. The molecule has 0 radical (unpaired) electrons. The Balaban J connectivity index is 1.82. The molecule has 1 saturated carbocycles. The third-order valence-corrected chi connectivity index (χ3v) is 5.98. The zero-order chi connectivity index (χ0) is 18.2. The standard InChI is InChI=1S/C20H28N2O3/c1-12-4-6-14-17(10-12)22-16-7-5-13(11-15(16)20(14,2)3)19(25)21-9-8-18(23)24/h5,7,11-12,14,17,22H,4,6,8-10H2,1-3H3,(H,21,25)(H,23,24)/t12-,14+,17+/m0/s1. The predicted molar refractivity (Wildman–Crippen MR) is 98.0 cm³/mol. The maximum absolute atomic E-state index is 12.3. The van der Waals surface area contributed by atoms with Gasteiger partial charge in [0.05, 0.1) is 6.42 Å². The number of carboxylic acids is 1. The Labute approximate surface area is 149 Å². The third kappa shape index (κ3) is 3.51. The Morgan fingerprint density at radius 2 is 2.08 bits per heavy atom. The minimum absolute atomic E-state index is 0.0166. The molecule has 0 saturated heterocycles. The van der Waals surface area contributed by atoms with E-state index in [0.717, 1.165) is 11.6 Å². The predicted octanol–water partition coefficient (Wildman–Crippen LogP) is 3.40. The monoisotopic (exact) mass is 344 g/mol. The van der Waals surface area contributed by atoms with Crippen molar-refractivity contribution in [2.45, 2.75) is 57.9 Å². The molecule has 0 unspecified atom stereocenters. The normalized spacial score (nSPS) is 26.8. The SMILES string of the molecule is C[C@H]1CC[C@@H]2[C@@H](C1)Nc1ccc(C(=O)NCCC(=O)O)cc1C2(C)C. The van der Waals surface area contributed by atoms with Gasteiger partial charge in [0.15, 0.2) is 0 Å². The number of benzene rings is 1. The molecular formula is C20H28N2O3. The summed E-state index contributed by atoms with van der Waals surface area (Å²) < 4.78 is 0. The summed E-state index contributed by atoms with van der Waals surface area (Å²) in [5.74, 6) is 0.208. The first kappa shape index (κ1) is 17.8. The van der Waals surface area contributed by atoms with E-state index in [0.29, 0.717) is 17.5 Å².